The highest BCUT2D eigenvalue weighted by Gasteiger charge is 2.07. The molecule has 0 radical (unpaired) electrons. The lowest BCUT2D eigenvalue weighted by Gasteiger charge is -2.12. The van der Waals surface area contributed by atoms with Crippen LogP contribution in [0.25, 0.3) is 21.9 Å². The Hall–Kier alpha value is -3.10. The minimum atomic E-state index is 0.0633. The number of aliphatic hydroxyl groups excluding tert-OH is 1. The van der Waals surface area contributed by atoms with Crippen LogP contribution in [0.15, 0.2) is 91.0 Å². The molecule has 0 aromatic heterocycles. The van der Waals surface area contributed by atoms with Gasteiger partial charge in [0.05, 0.1) is 6.61 Å². The molecule has 0 aliphatic carbocycles. The minimum Gasteiger partial charge on any atom is -0.488 e. The minimum absolute atomic E-state index is 0.0633. The van der Waals surface area contributed by atoms with Crippen molar-refractivity contribution < 1.29 is 9.84 Å². The first-order valence-electron chi connectivity index (χ1n) is 8.73. The molecule has 2 nitrogen and oxygen atoms in total. The molecule has 0 aliphatic rings. The fourth-order valence-electron chi connectivity index (χ4n) is 3.13. The lowest BCUT2D eigenvalue weighted by atomic mass is 9.99. The van der Waals surface area contributed by atoms with E-state index in [-0.39, 0.29) is 6.61 Å². The van der Waals surface area contributed by atoms with Crippen molar-refractivity contribution in [1.29, 1.82) is 0 Å². The van der Waals surface area contributed by atoms with Crippen molar-refractivity contribution in [1.82, 2.24) is 0 Å². The van der Waals surface area contributed by atoms with Gasteiger partial charge in [-0.3, -0.25) is 0 Å². The fourth-order valence-corrected chi connectivity index (χ4v) is 3.13. The average molecular weight is 340 g/mol. The molecule has 1 N–H and O–H groups in total. The third-order valence-electron chi connectivity index (χ3n) is 4.52. The number of ether oxygens (including phenoxy) is 1. The monoisotopic (exact) mass is 340 g/mol. The molecule has 0 fully saturated rings. The lowest BCUT2D eigenvalue weighted by Crippen LogP contribution is -1.96. The van der Waals surface area contributed by atoms with E-state index in [9.17, 15) is 5.11 Å². The van der Waals surface area contributed by atoms with Gasteiger partial charge in [0, 0.05) is 5.56 Å². The van der Waals surface area contributed by atoms with Crippen LogP contribution < -0.4 is 4.74 Å². The zero-order chi connectivity index (χ0) is 17.8. The highest BCUT2D eigenvalue weighted by molar-refractivity contribution is 5.88. The molecule has 4 rings (SSSR count). The molecular weight excluding hydrogens is 320 g/mol. The molecule has 4 aromatic carbocycles. The molecule has 0 unspecified atom stereocenters. The van der Waals surface area contributed by atoms with E-state index in [1.807, 2.05) is 48.5 Å². The van der Waals surface area contributed by atoms with Crippen LogP contribution in [0, 0.1) is 0 Å². The molecule has 0 bridgehead atoms. The number of benzene rings is 4. The predicted molar refractivity (Wildman–Crippen MR) is 106 cm³/mol. The Morgan fingerprint density at radius 2 is 1.38 bits per heavy atom. The summed E-state index contributed by atoms with van der Waals surface area (Å²) in [4.78, 5) is 0. The van der Waals surface area contributed by atoms with Crippen LogP contribution in [0.3, 0.4) is 0 Å². The van der Waals surface area contributed by atoms with Crippen molar-refractivity contribution in [3.63, 3.8) is 0 Å². The second-order valence-electron chi connectivity index (χ2n) is 6.32. The number of para-hydroxylation sites is 1. The summed E-state index contributed by atoms with van der Waals surface area (Å²) in [5, 5.41) is 11.6. The van der Waals surface area contributed by atoms with Gasteiger partial charge in [0.25, 0.3) is 0 Å². The van der Waals surface area contributed by atoms with E-state index in [1.165, 1.54) is 0 Å². The van der Waals surface area contributed by atoms with Crippen molar-refractivity contribution in [2.75, 3.05) is 0 Å². The summed E-state index contributed by atoms with van der Waals surface area (Å²) in [6.45, 7) is 0.610. The Kier molecular flexibility index (Phi) is 4.67. The molecule has 0 heterocycles. The number of aliphatic hydroxyl groups is 1. The molecule has 2 heteroatoms. The van der Waals surface area contributed by atoms with Gasteiger partial charge < -0.3 is 9.84 Å². The molecule has 0 atom stereocenters. The van der Waals surface area contributed by atoms with Gasteiger partial charge in [0.1, 0.15) is 12.4 Å². The molecular formula is C24H20O2. The Labute approximate surface area is 153 Å². The van der Waals surface area contributed by atoms with Crippen LogP contribution in [0.4, 0.5) is 0 Å². The number of fused-ring (bicyclic) bond motifs is 1. The standard InChI is InChI=1S/C24H20O2/c25-16-19-10-11-21-15-22(13-12-20(21)14-19)23-8-4-5-9-24(23)26-17-18-6-2-1-3-7-18/h1-15,25H,16-17H2. The highest BCUT2D eigenvalue weighted by atomic mass is 16.5. The summed E-state index contributed by atoms with van der Waals surface area (Å²) in [6.07, 6.45) is 0. The van der Waals surface area contributed by atoms with E-state index in [0.717, 1.165) is 38.8 Å². The summed E-state index contributed by atoms with van der Waals surface area (Å²) < 4.78 is 6.09. The Morgan fingerprint density at radius 3 is 2.23 bits per heavy atom. The van der Waals surface area contributed by atoms with Crippen LogP contribution >= 0.6 is 0 Å². The van der Waals surface area contributed by atoms with Crippen LogP contribution in [-0.4, -0.2) is 5.11 Å². The second kappa shape index (κ2) is 7.42. The van der Waals surface area contributed by atoms with Gasteiger partial charge in [-0.15, -0.1) is 0 Å². The zero-order valence-corrected chi connectivity index (χ0v) is 14.4. The van der Waals surface area contributed by atoms with Crippen molar-refractivity contribution in [3.8, 4) is 16.9 Å². The Bertz CT molecular complexity index is 1020. The first kappa shape index (κ1) is 16.4. The van der Waals surface area contributed by atoms with Crippen LogP contribution in [0.5, 0.6) is 5.75 Å². The van der Waals surface area contributed by atoms with Crippen molar-refractivity contribution in [2.45, 2.75) is 13.2 Å². The molecule has 0 amide bonds. The quantitative estimate of drug-likeness (QED) is 0.514. The van der Waals surface area contributed by atoms with E-state index in [1.54, 1.807) is 0 Å². The molecule has 0 saturated heterocycles. The smallest absolute Gasteiger partial charge is 0.127 e. The molecule has 0 aliphatic heterocycles. The Balaban J connectivity index is 1.66. The van der Waals surface area contributed by atoms with E-state index >= 15 is 0 Å². The molecule has 128 valence electrons. The fraction of sp³-hybridized carbons (Fsp3) is 0.0833. The van der Waals surface area contributed by atoms with E-state index in [0.29, 0.717) is 6.61 Å². The van der Waals surface area contributed by atoms with Gasteiger partial charge >= 0.3 is 0 Å². The zero-order valence-electron chi connectivity index (χ0n) is 14.4. The van der Waals surface area contributed by atoms with Crippen LogP contribution in [0.1, 0.15) is 11.1 Å². The van der Waals surface area contributed by atoms with Crippen molar-refractivity contribution >= 4 is 10.8 Å². The largest absolute Gasteiger partial charge is 0.488 e. The van der Waals surface area contributed by atoms with Crippen LogP contribution in [0.2, 0.25) is 0 Å². The SMILES string of the molecule is OCc1ccc2cc(-c3ccccc3OCc3ccccc3)ccc2c1. The van der Waals surface area contributed by atoms with E-state index < -0.39 is 0 Å². The average Bonchev–Trinajstić information content (AvgIpc) is 2.72. The van der Waals surface area contributed by atoms with Gasteiger partial charge in [0.2, 0.25) is 0 Å². The maximum Gasteiger partial charge on any atom is 0.127 e. The summed E-state index contributed by atoms with van der Waals surface area (Å²) in [5.74, 6) is 0.877. The number of rotatable bonds is 5. The Morgan fingerprint density at radius 1 is 0.654 bits per heavy atom. The van der Waals surface area contributed by atoms with Crippen LogP contribution in [-0.2, 0) is 13.2 Å². The molecule has 4 aromatic rings. The van der Waals surface area contributed by atoms with Crippen molar-refractivity contribution in [2.24, 2.45) is 0 Å². The second-order valence-corrected chi connectivity index (χ2v) is 6.32. The molecule has 0 saturated carbocycles. The predicted octanol–water partition coefficient (Wildman–Crippen LogP) is 5.58. The molecule has 0 spiro atoms. The normalized spacial score (nSPS) is 10.8. The summed E-state index contributed by atoms with van der Waals surface area (Å²) in [6, 6.07) is 30.7. The number of hydrogen-bond acceptors (Lipinski definition) is 2. The summed E-state index contributed by atoms with van der Waals surface area (Å²) in [5.41, 5.74) is 4.28. The maximum atomic E-state index is 9.30. The topological polar surface area (TPSA) is 29.5 Å². The lowest BCUT2D eigenvalue weighted by molar-refractivity contribution is 0.282. The summed E-state index contributed by atoms with van der Waals surface area (Å²) in [7, 11) is 0. The van der Waals surface area contributed by atoms with Gasteiger partial charge in [-0.2, -0.15) is 0 Å². The first-order valence-corrected chi connectivity index (χ1v) is 8.73. The van der Waals surface area contributed by atoms with Gasteiger partial charge in [-0.05, 0) is 45.7 Å². The van der Waals surface area contributed by atoms with E-state index in [2.05, 4.69) is 42.5 Å². The van der Waals surface area contributed by atoms with Gasteiger partial charge in [0.15, 0.2) is 0 Å². The molecule has 26 heavy (non-hydrogen) atoms. The van der Waals surface area contributed by atoms with Gasteiger partial charge in [-0.1, -0.05) is 72.8 Å². The number of hydrogen-bond donors (Lipinski definition) is 1. The van der Waals surface area contributed by atoms with Gasteiger partial charge in [-0.25, -0.2) is 0 Å². The van der Waals surface area contributed by atoms with Crippen molar-refractivity contribution in [3.05, 3.63) is 102 Å². The third kappa shape index (κ3) is 3.46. The van der Waals surface area contributed by atoms with E-state index in [4.69, 9.17) is 4.74 Å². The maximum absolute atomic E-state index is 9.30. The third-order valence-corrected chi connectivity index (χ3v) is 4.52. The summed E-state index contributed by atoms with van der Waals surface area (Å²) >= 11 is 0. The highest BCUT2D eigenvalue weighted by Crippen LogP contribution is 2.32. The first-order chi connectivity index (χ1) is 12.8.